The highest BCUT2D eigenvalue weighted by Crippen LogP contribution is 2.26. The molecule has 0 bridgehead atoms. The second-order valence-electron chi connectivity index (χ2n) is 6.26. The lowest BCUT2D eigenvalue weighted by Gasteiger charge is -2.18. The highest BCUT2D eigenvalue weighted by molar-refractivity contribution is 7.10. The molecule has 0 aliphatic rings. The van der Waals surface area contributed by atoms with Gasteiger partial charge in [-0.25, -0.2) is 4.79 Å². The first kappa shape index (κ1) is 20.2. The van der Waals surface area contributed by atoms with E-state index in [1.807, 2.05) is 47.8 Å². The molecule has 0 saturated carbocycles. The van der Waals surface area contributed by atoms with Crippen LogP contribution >= 0.6 is 11.3 Å². The number of hydrogen-bond acceptors (Lipinski definition) is 6. The number of nitro benzene ring substituents is 1. The number of hydrogen-bond donors (Lipinski definition) is 1. The fourth-order valence-corrected chi connectivity index (χ4v) is 3.63. The van der Waals surface area contributed by atoms with Gasteiger partial charge in [0.2, 0.25) is 0 Å². The van der Waals surface area contributed by atoms with E-state index in [9.17, 15) is 19.7 Å². The molecular weight excluding hydrogens is 392 g/mol. The van der Waals surface area contributed by atoms with Crippen molar-refractivity contribution >= 4 is 28.9 Å². The molecule has 1 N–H and O–H groups in total. The van der Waals surface area contributed by atoms with Gasteiger partial charge in [0.05, 0.1) is 16.5 Å². The molecule has 0 aliphatic heterocycles. The van der Waals surface area contributed by atoms with Crippen LogP contribution in [0.25, 0.3) is 0 Å². The first-order valence-electron chi connectivity index (χ1n) is 8.75. The lowest BCUT2D eigenvalue weighted by molar-refractivity contribution is -0.385. The van der Waals surface area contributed by atoms with E-state index < -0.39 is 23.4 Å². The Hall–Kier alpha value is -3.52. The van der Waals surface area contributed by atoms with Crippen molar-refractivity contribution in [2.24, 2.45) is 0 Å². The van der Waals surface area contributed by atoms with Crippen molar-refractivity contribution in [3.05, 3.63) is 97.7 Å². The number of thiophene rings is 1. The number of rotatable bonds is 7. The summed E-state index contributed by atoms with van der Waals surface area (Å²) in [5, 5.41) is 15.7. The molecule has 0 fully saturated rings. The van der Waals surface area contributed by atoms with Gasteiger partial charge in [-0.2, -0.15) is 0 Å². The molecule has 148 valence electrons. The summed E-state index contributed by atoms with van der Waals surface area (Å²) in [7, 11) is 0. The topological polar surface area (TPSA) is 98.5 Å². The van der Waals surface area contributed by atoms with Crippen LogP contribution in [0.4, 0.5) is 5.69 Å². The first-order valence-corrected chi connectivity index (χ1v) is 9.63. The molecule has 8 heteroatoms. The molecule has 0 radical (unpaired) electrons. The summed E-state index contributed by atoms with van der Waals surface area (Å²) in [6.45, 7) is 1.08. The summed E-state index contributed by atoms with van der Waals surface area (Å²) in [6, 6.07) is 16.9. The zero-order chi connectivity index (χ0) is 20.8. The maximum absolute atomic E-state index is 12.4. The average molecular weight is 410 g/mol. The van der Waals surface area contributed by atoms with Crippen LogP contribution in [0.1, 0.15) is 32.4 Å². The predicted octanol–water partition coefficient (Wildman–Crippen LogP) is 4.03. The van der Waals surface area contributed by atoms with Crippen molar-refractivity contribution in [3.63, 3.8) is 0 Å². The third kappa shape index (κ3) is 5.05. The minimum absolute atomic E-state index is 0.0825. The average Bonchev–Trinajstić information content (AvgIpc) is 3.25. The molecule has 3 rings (SSSR count). The maximum Gasteiger partial charge on any atom is 0.338 e. The third-order valence-electron chi connectivity index (χ3n) is 4.23. The Balaban J connectivity index is 1.64. The second-order valence-corrected chi connectivity index (χ2v) is 7.24. The molecule has 2 aromatic carbocycles. The fourth-order valence-electron chi connectivity index (χ4n) is 2.82. The Morgan fingerprint density at radius 2 is 1.90 bits per heavy atom. The quantitative estimate of drug-likeness (QED) is 0.360. The molecule has 3 aromatic rings. The monoisotopic (exact) mass is 410 g/mol. The number of carbonyl (C=O) groups excluding carboxylic acids is 2. The zero-order valence-electron chi connectivity index (χ0n) is 15.5. The van der Waals surface area contributed by atoms with E-state index >= 15 is 0 Å². The Labute approximate surface area is 171 Å². The van der Waals surface area contributed by atoms with E-state index in [0.717, 1.165) is 10.4 Å². The number of amides is 1. The van der Waals surface area contributed by atoms with Gasteiger partial charge < -0.3 is 10.1 Å². The summed E-state index contributed by atoms with van der Waals surface area (Å²) < 4.78 is 5.08. The standard InChI is InChI=1S/C21H18N2O5S/c1-14-12-16(9-10-17(14)23(26)27)21(25)28-13-19(24)22-20(18-8-5-11-29-18)15-6-3-2-4-7-15/h2-12,20H,13H2,1H3,(H,22,24)/t20-/m1/s1. The van der Waals surface area contributed by atoms with Gasteiger partial charge in [0, 0.05) is 16.5 Å². The molecule has 1 amide bonds. The van der Waals surface area contributed by atoms with Crippen molar-refractivity contribution in [2.75, 3.05) is 6.61 Å². The van der Waals surface area contributed by atoms with Crippen LogP contribution < -0.4 is 5.32 Å². The highest BCUT2D eigenvalue weighted by Gasteiger charge is 2.20. The number of nitrogens with one attached hydrogen (secondary N) is 1. The minimum atomic E-state index is -0.717. The summed E-state index contributed by atoms with van der Waals surface area (Å²) in [5.41, 5.74) is 1.33. The number of esters is 1. The summed E-state index contributed by atoms with van der Waals surface area (Å²) >= 11 is 1.52. The smallest absolute Gasteiger partial charge is 0.338 e. The molecule has 0 unspecified atom stereocenters. The van der Waals surface area contributed by atoms with Crippen LogP contribution in [0.15, 0.2) is 66.0 Å². The lowest BCUT2D eigenvalue weighted by Crippen LogP contribution is -2.32. The number of aryl methyl sites for hydroxylation is 1. The van der Waals surface area contributed by atoms with Crippen LogP contribution in [-0.2, 0) is 9.53 Å². The van der Waals surface area contributed by atoms with E-state index in [4.69, 9.17) is 4.74 Å². The van der Waals surface area contributed by atoms with Crippen molar-refractivity contribution < 1.29 is 19.2 Å². The SMILES string of the molecule is Cc1cc(C(=O)OCC(=O)N[C@H](c2ccccc2)c2cccs2)ccc1[N+](=O)[O-]. The molecular formula is C21H18N2O5S. The van der Waals surface area contributed by atoms with Crippen LogP contribution in [-0.4, -0.2) is 23.4 Å². The van der Waals surface area contributed by atoms with Gasteiger partial charge in [-0.3, -0.25) is 14.9 Å². The molecule has 1 atom stereocenters. The normalized spacial score (nSPS) is 11.5. The third-order valence-corrected chi connectivity index (χ3v) is 5.17. The van der Waals surface area contributed by atoms with Gasteiger partial charge in [-0.1, -0.05) is 36.4 Å². The van der Waals surface area contributed by atoms with E-state index in [1.165, 1.54) is 36.5 Å². The molecule has 29 heavy (non-hydrogen) atoms. The van der Waals surface area contributed by atoms with Gasteiger partial charge in [0.25, 0.3) is 11.6 Å². The van der Waals surface area contributed by atoms with Crippen LogP contribution in [0.2, 0.25) is 0 Å². The number of carbonyl (C=O) groups is 2. The van der Waals surface area contributed by atoms with Gasteiger partial charge in [-0.15, -0.1) is 11.3 Å². The fraction of sp³-hybridized carbons (Fsp3) is 0.143. The van der Waals surface area contributed by atoms with Crippen molar-refractivity contribution in [3.8, 4) is 0 Å². The van der Waals surface area contributed by atoms with E-state index in [-0.39, 0.29) is 17.3 Å². The summed E-state index contributed by atoms with van der Waals surface area (Å²) in [5.74, 6) is -1.16. The van der Waals surface area contributed by atoms with Gasteiger partial charge >= 0.3 is 5.97 Å². The number of nitrogens with zero attached hydrogens (tertiary/aromatic N) is 1. The number of nitro groups is 1. The molecule has 7 nitrogen and oxygen atoms in total. The predicted molar refractivity (Wildman–Crippen MR) is 109 cm³/mol. The largest absolute Gasteiger partial charge is 0.452 e. The van der Waals surface area contributed by atoms with Gasteiger partial charge in [-0.05, 0) is 36.1 Å². The maximum atomic E-state index is 12.4. The Morgan fingerprint density at radius 1 is 1.14 bits per heavy atom. The highest BCUT2D eigenvalue weighted by atomic mass is 32.1. The first-order chi connectivity index (χ1) is 14.0. The van der Waals surface area contributed by atoms with Crippen LogP contribution in [0.5, 0.6) is 0 Å². The van der Waals surface area contributed by atoms with E-state index in [1.54, 1.807) is 0 Å². The summed E-state index contributed by atoms with van der Waals surface area (Å²) in [6.07, 6.45) is 0. The van der Waals surface area contributed by atoms with Crippen molar-refractivity contribution in [1.82, 2.24) is 5.32 Å². The molecule has 1 aromatic heterocycles. The van der Waals surface area contributed by atoms with Crippen LogP contribution in [0, 0.1) is 17.0 Å². The zero-order valence-corrected chi connectivity index (χ0v) is 16.3. The van der Waals surface area contributed by atoms with E-state index in [0.29, 0.717) is 5.56 Å². The summed E-state index contributed by atoms with van der Waals surface area (Å²) in [4.78, 5) is 35.9. The minimum Gasteiger partial charge on any atom is -0.452 e. The molecule has 0 aliphatic carbocycles. The second kappa shape index (κ2) is 9.11. The molecule has 0 spiro atoms. The number of ether oxygens (including phenoxy) is 1. The Morgan fingerprint density at radius 3 is 2.52 bits per heavy atom. The van der Waals surface area contributed by atoms with Gasteiger partial charge in [0.15, 0.2) is 6.61 Å². The van der Waals surface area contributed by atoms with Gasteiger partial charge in [0.1, 0.15) is 0 Å². The molecule has 1 heterocycles. The van der Waals surface area contributed by atoms with Crippen molar-refractivity contribution in [2.45, 2.75) is 13.0 Å². The number of benzene rings is 2. The molecule has 0 saturated heterocycles. The lowest BCUT2D eigenvalue weighted by atomic mass is 10.1. The Kier molecular flexibility index (Phi) is 6.36. The van der Waals surface area contributed by atoms with Crippen molar-refractivity contribution in [1.29, 1.82) is 0 Å². The van der Waals surface area contributed by atoms with Crippen LogP contribution in [0.3, 0.4) is 0 Å². The van der Waals surface area contributed by atoms with E-state index in [2.05, 4.69) is 5.32 Å². The Bertz CT molecular complexity index is 1020.